The van der Waals surface area contributed by atoms with Crippen molar-refractivity contribution in [1.29, 1.82) is 0 Å². The van der Waals surface area contributed by atoms with Crippen molar-refractivity contribution >= 4 is 34.5 Å². The standard InChI is InChI=1S/C13H15IO5/c1-2-19-11(15)6-3-8-7-9(14)4-5-10(8)12(16)13(17)18/h4-5,7,12,16H,2-3,6H2,1H3,(H,17,18). The number of carbonyl (C=O) groups excluding carboxylic acids is 1. The van der Waals surface area contributed by atoms with Crippen LogP contribution in [0.2, 0.25) is 0 Å². The van der Waals surface area contributed by atoms with Crippen molar-refractivity contribution in [2.24, 2.45) is 0 Å². The summed E-state index contributed by atoms with van der Waals surface area (Å²) >= 11 is 2.09. The third-order valence-corrected chi connectivity index (χ3v) is 3.21. The van der Waals surface area contributed by atoms with Crippen molar-refractivity contribution in [2.75, 3.05) is 6.61 Å². The van der Waals surface area contributed by atoms with E-state index in [9.17, 15) is 14.7 Å². The number of esters is 1. The molecule has 0 spiro atoms. The molecule has 1 unspecified atom stereocenters. The van der Waals surface area contributed by atoms with Crippen LogP contribution in [-0.4, -0.2) is 28.8 Å². The van der Waals surface area contributed by atoms with Crippen molar-refractivity contribution < 1.29 is 24.5 Å². The minimum absolute atomic E-state index is 0.160. The number of hydrogen-bond donors (Lipinski definition) is 2. The summed E-state index contributed by atoms with van der Waals surface area (Å²) in [6, 6.07) is 5.05. The molecule has 0 aromatic heterocycles. The van der Waals surface area contributed by atoms with Gasteiger partial charge in [-0.2, -0.15) is 0 Å². The first-order chi connectivity index (χ1) is 8.95. The first-order valence-corrected chi connectivity index (χ1v) is 6.88. The number of carboxylic acids is 1. The Hall–Kier alpha value is -1.15. The van der Waals surface area contributed by atoms with Gasteiger partial charge < -0.3 is 14.9 Å². The molecule has 6 heteroatoms. The minimum atomic E-state index is -1.57. The molecule has 0 aliphatic rings. The van der Waals surface area contributed by atoms with Crippen LogP contribution in [0.1, 0.15) is 30.6 Å². The zero-order valence-corrected chi connectivity index (χ0v) is 12.6. The Morgan fingerprint density at radius 3 is 2.68 bits per heavy atom. The maximum absolute atomic E-state index is 11.3. The number of aryl methyl sites for hydroxylation is 1. The summed E-state index contributed by atoms with van der Waals surface area (Å²) in [6.07, 6.45) is -1.07. The second-order valence-electron chi connectivity index (χ2n) is 3.89. The number of carboxylic acid groups (broad SMARTS) is 1. The normalized spacial score (nSPS) is 11.9. The first-order valence-electron chi connectivity index (χ1n) is 5.80. The predicted molar refractivity (Wildman–Crippen MR) is 76.7 cm³/mol. The summed E-state index contributed by atoms with van der Waals surface area (Å²) in [5.41, 5.74) is 0.965. The number of aliphatic hydroxyl groups excluding tert-OH is 1. The number of aliphatic carboxylic acids is 1. The molecule has 0 saturated heterocycles. The van der Waals surface area contributed by atoms with Gasteiger partial charge in [0.25, 0.3) is 0 Å². The highest BCUT2D eigenvalue weighted by atomic mass is 127. The topological polar surface area (TPSA) is 83.8 Å². The number of rotatable bonds is 6. The molecule has 1 rings (SSSR count). The van der Waals surface area contributed by atoms with Gasteiger partial charge in [0, 0.05) is 9.99 Å². The van der Waals surface area contributed by atoms with Crippen LogP contribution >= 0.6 is 22.6 Å². The second kappa shape index (κ2) is 7.44. The molecule has 0 radical (unpaired) electrons. The van der Waals surface area contributed by atoms with E-state index >= 15 is 0 Å². The van der Waals surface area contributed by atoms with Gasteiger partial charge in [-0.25, -0.2) is 4.79 Å². The van der Waals surface area contributed by atoms with E-state index in [0.29, 0.717) is 24.2 Å². The summed E-state index contributed by atoms with van der Waals surface area (Å²) in [5.74, 6) is -1.64. The molecule has 2 N–H and O–H groups in total. The summed E-state index contributed by atoms with van der Waals surface area (Å²) in [5, 5.41) is 18.5. The maximum Gasteiger partial charge on any atom is 0.337 e. The zero-order chi connectivity index (χ0) is 14.4. The molecule has 0 saturated carbocycles. The van der Waals surface area contributed by atoms with E-state index in [2.05, 4.69) is 22.6 Å². The summed E-state index contributed by atoms with van der Waals surface area (Å²) in [6.45, 7) is 2.04. The van der Waals surface area contributed by atoms with E-state index in [4.69, 9.17) is 9.84 Å². The predicted octanol–water partition coefficient (Wildman–Crippen LogP) is 1.90. The van der Waals surface area contributed by atoms with Crippen molar-refractivity contribution in [2.45, 2.75) is 25.9 Å². The van der Waals surface area contributed by atoms with Crippen LogP contribution in [0.3, 0.4) is 0 Å². The van der Waals surface area contributed by atoms with Crippen molar-refractivity contribution in [1.82, 2.24) is 0 Å². The molecule has 0 bridgehead atoms. The van der Waals surface area contributed by atoms with E-state index in [1.807, 2.05) is 0 Å². The lowest BCUT2D eigenvalue weighted by atomic mass is 9.99. The van der Waals surface area contributed by atoms with Crippen LogP contribution in [0.5, 0.6) is 0 Å². The molecule has 5 nitrogen and oxygen atoms in total. The van der Waals surface area contributed by atoms with Crippen LogP contribution in [-0.2, 0) is 20.7 Å². The van der Waals surface area contributed by atoms with Gasteiger partial charge in [-0.3, -0.25) is 4.79 Å². The number of ether oxygens (including phenoxy) is 1. The molecule has 0 amide bonds. The molecule has 1 aromatic rings. The SMILES string of the molecule is CCOC(=O)CCc1cc(I)ccc1C(O)C(=O)O. The van der Waals surface area contributed by atoms with Gasteiger partial charge in [0.15, 0.2) is 6.10 Å². The third kappa shape index (κ3) is 4.79. The average Bonchev–Trinajstić information content (AvgIpc) is 2.36. The van der Waals surface area contributed by atoms with Crippen molar-refractivity contribution in [3.05, 3.63) is 32.9 Å². The van der Waals surface area contributed by atoms with Crippen LogP contribution < -0.4 is 0 Å². The van der Waals surface area contributed by atoms with Crippen molar-refractivity contribution in [3.63, 3.8) is 0 Å². The Balaban J connectivity index is 2.88. The van der Waals surface area contributed by atoms with E-state index in [-0.39, 0.29) is 12.4 Å². The highest BCUT2D eigenvalue weighted by molar-refractivity contribution is 14.1. The third-order valence-electron chi connectivity index (χ3n) is 2.54. The number of benzene rings is 1. The lowest BCUT2D eigenvalue weighted by molar-refractivity contribution is -0.147. The molecule has 19 heavy (non-hydrogen) atoms. The molecule has 0 aliphatic heterocycles. The van der Waals surface area contributed by atoms with Crippen LogP contribution in [0.25, 0.3) is 0 Å². The van der Waals surface area contributed by atoms with Crippen LogP contribution in [0.15, 0.2) is 18.2 Å². The van der Waals surface area contributed by atoms with E-state index in [0.717, 1.165) is 3.57 Å². The van der Waals surface area contributed by atoms with Gasteiger partial charge in [-0.05, 0) is 59.2 Å². The number of halogens is 1. The Labute approximate surface area is 124 Å². The van der Waals surface area contributed by atoms with E-state index < -0.39 is 12.1 Å². The van der Waals surface area contributed by atoms with Gasteiger partial charge in [0.05, 0.1) is 6.61 Å². The van der Waals surface area contributed by atoms with Gasteiger partial charge >= 0.3 is 11.9 Å². The second-order valence-corrected chi connectivity index (χ2v) is 5.13. The molecule has 0 heterocycles. The smallest absolute Gasteiger partial charge is 0.337 e. The lowest BCUT2D eigenvalue weighted by Crippen LogP contribution is -2.14. The van der Waals surface area contributed by atoms with Crippen LogP contribution in [0, 0.1) is 3.57 Å². The molecular formula is C13H15IO5. The summed E-state index contributed by atoms with van der Waals surface area (Å²) < 4.78 is 5.74. The zero-order valence-electron chi connectivity index (χ0n) is 10.4. The number of hydrogen-bond acceptors (Lipinski definition) is 4. The Morgan fingerprint density at radius 2 is 2.11 bits per heavy atom. The quantitative estimate of drug-likeness (QED) is 0.584. The van der Waals surface area contributed by atoms with Gasteiger partial charge in [0.1, 0.15) is 0 Å². The molecule has 0 fully saturated rings. The highest BCUT2D eigenvalue weighted by Crippen LogP contribution is 2.22. The molecule has 104 valence electrons. The molecular weight excluding hydrogens is 363 g/mol. The minimum Gasteiger partial charge on any atom is -0.479 e. The van der Waals surface area contributed by atoms with E-state index in [1.165, 1.54) is 0 Å². The number of carbonyl (C=O) groups is 2. The van der Waals surface area contributed by atoms with E-state index in [1.54, 1.807) is 25.1 Å². The fraction of sp³-hybridized carbons (Fsp3) is 0.385. The van der Waals surface area contributed by atoms with Crippen molar-refractivity contribution in [3.8, 4) is 0 Å². The van der Waals surface area contributed by atoms with Gasteiger partial charge in [-0.1, -0.05) is 6.07 Å². The monoisotopic (exact) mass is 378 g/mol. The largest absolute Gasteiger partial charge is 0.479 e. The Morgan fingerprint density at radius 1 is 1.42 bits per heavy atom. The maximum atomic E-state index is 11.3. The number of aliphatic hydroxyl groups is 1. The molecule has 1 atom stereocenters. The summed E-state index contributed by atoms with van der Waals surface area (Å²) in [7, 11) is 0. The van der Waals surface area contributed by atoms with Gasteiger partial charge in [-0.15, -0.1) is 0 Å². The summed E-state index contributed by atoms with van der Waals surface area (Å²) in [4.78, 5) is 22.1. The lowest BCUT2D eigenvalue weighted by Gasteiger charge is -2.12. The first kappa shape index (κ1) is 15.9. The molecule has 1 aromatic carbocycles. The van der Waals surface area contributed by atoms with Gasteiger partial charge in [0.2, 0.25) is 0 Å². The fourth-order valence-electron chi connectivity index (χ4n) is 1.66. The molecule has 0 aliphatic carbocycles. The average molecular weight is 378 g/mol. The Bertz CT molecular complexity index is 472. The van der Waals surface area contributed by atoms with Crippen LogP contribution in [0.4, 0.5) is 0 Å². The highest BCUT2D eigenvalue weighted by Gasteiger charge is 2.20. The fourth-order valence-corrected chi connectivity index (χ4v) is 2.22. The Kier molecular flexibility index (Phi) is 6.23.